The van der Waals surface area contributed by atoms with Crippen LogP contribution < -0.4 is 0 Å². The lowest BCUT2D eigenvalue weighted by atomic mass is 10.0. The fraction of sp³-hybridized carbons (Fsp3) is 0.235. The predicted octanol–water partition coefficient (Wildman–Crippen LogP) is 9.58. The molecule has 6 rings (SSSR count). The van der Waals surface area contributed by atoms with E-state index in [4.69, 9.17) is 0 Å². The lowest BCUT2D eigenvalue weighted by Crippen LogP contribution is -1.81. The Hall–Kier alpha value is -3.38. The smallest absolute Gasteiger partial charge is 0.00133 e. The Morgan fingerprint density at radius 3 is 0.824 bits per heavy atom. The minimum atomic E-state index is 1.11. The van der Waals surface area contributed by atoms with Crippen LogP contribution in [0.3, 0.4) is 0 Å². The summed E-state index contributed by atoms with van der Waals surface area (Å²) in [6, 6.07) is 27.1. The average Bonchev–Trinajstić information content (AvgIpc) is 3.37. The van der Waals surface area contributed by atoms with Crippen LogP contribution in [0.4, 0.5) is 0 Å². The van der Waals surface area contributed by atoms with Crippen LogP contribution in [-0.2, 0) is 12.8 Å². The summed E-state index contributed by atoms with van der Waals surface area (Å²) in [6.07, 6.45) is 2.21. The summed E-state index contributed by atoms with van der Waals surface area (Å²) >= 11 is 0. The average molecular weight is 447 g/mol. The van der Waals surface area contributed by atoms with E-state index in [-0.39, 0.29) is 0 Å². The van der Waals surface area contributed by atoms with Gasteiger partial charge in [-0.1, -0.05) is 109 Å². The zero-order valence-corrected chi connectivity index (χ0v) is 21.8. The summed E-state index contributed by atoms with van der Waals surface area (Å²) in [7, 11) is 0. The van der Waals surface area contributed by atoms with Crippen molar-refractivity contribution in [3.05, 3.63) is 130 Å². The molecule has 4 aromatic rings. The quantitative estimate of drug-likeness (QED) is 0.204. The molecule has 0 bridgehead atoms. The van der Waals surface area contributed by atoms with Gasteiger partial charge in [-0.2, -0.15) is 0 Å². The summed E-state index contributed by atoms with van der Waals surface area (Å²) in [5, 5.41) is 0. The van der Waals surface area contributed by atoms with E-state index < -0.39 is 0 Å². The van der Waals surface area contributed by atoms with Crippen molar-refractivity contribution in [2.75, 3.05) is 0 Å². The molecule has 174 valence electrons. The third-order valence-electron chi connectivity index (χ3n) is 6.39. The fourth-order valence-corrected chi connectivity index (χ4v) is 4.94. The highest BCUT2D eigenvalue weighted by Crippen LogP contribution is 2.38. The first-order valence-electron chi connectivity index (χ1n) is 12.4. The zero-order valence-electron chi connectivity index (χ0n) is 21.8. The Morgan fingerprint density at radius 1 is 0.412 bits per heavy atom. The first-order chi connectivity index (χ1) is 16.5. The van der Waals surface area contributed by atoms with Gasteiger partial charge in [0, 0.05) is 0 Å². The highest BCUT2D eigenvalue weighted by atomic mass is 14.2. The van der Waals surface area contributed by atoms with Gasteiger partial charge in [0.25, 0.3) is 0 Å². The van der Waals surface area contributed by atoms with Gasteiger partial charge in [-0.15, -0.1) is 13.2 Å². The van der Waals surface area contributed by atoms with Crippen LogP contribution in [0.15, 0.2) is 86.0 Å². The summed E-state index contributed by atoms with van der Waals surface area (Å²) in [5.74, 6) is 0. The molecular formula is C34H38. The van der Waals surface area contributed by atoms with Crippen molar-refractivity contribution >= 4 is 0 Å². The van der Waals surface area contributed by atoms with Crippen LogP contribution in [0.25, 0.3) is 22.3 Å². The number of aryl methyl sites for hydroxylation is 4. The molecule has 4 aromatic carbocycles. The minimum Gasteiger partial charge on any atom is -0.106 e. The van der Waals surface area contributed by atoms with E-state index in [1.54, 1.807) is 0 Å². The number of rotatable bonds is 0. The first kappa shape index (κ1) is 25.2. The van der Waals surface area contributed by atoms with E-state index in [1.165, 1.54) is 66.8 Å². The Balaban J connectivity index is 0.000000167. The van der Waals surface area contributed by atoms with Gasteiger partial charge in [0.2, 0.25) is 0 Å². The molecule has 2 aliphatic rings. The number of benzene rings is 4. The maximum atomic E-state index is 3.00. The molecule has 0 spiro atoms. The van der Waals surface area contributed by atoms with Crippen molar-refractivity contribution in [1.82, 2.24) is 0 Å². The molecule has 0 aromatic heterocycles. The lowest BCUT2D eigenvalue weighted by molar-refractivity contribution is 1.24. The molecule has 2 aliphatic carbocycles. The monoisotopic (exact) mass is 446 g/mol. The molecule has 0 radical (unpaired) electrons. The molecular weight excluding hydrogens is 408 g/mol. The minimum absolute atomic E-state index is 1.11. The highest BCUT2D eigenvalue weighted by Gasteiger charge is 2.18. The van der Waals surface area contributed by atoms with Gasteiger partial charge < -0.3 is 0 Å². The second-order valence-electron chi connectivity index (χ2n) is 9.00. The van der Waals surface area contributed by atoms with Crippen LogP contribution >= 0.6 is 0 Å². The van der Waals surface area contributed by atoms with Crippen LogP contribution in [-0.4, -0.2) is 0 Å². The molecule has 0 nitrogen and oxygen atoms in total. The third kappa shape index (κ3) is 5.23. The summed E-state index contributed by atoms with van der Waals surface area (Å²) in [4.78, 5) is 0. The fourth-order valence-electron chi connectivity index (χ4n) is 4.94. The van der Waals surface area contributed by atoms with Crippen LogP contribution in [0.5, 0.6) is 0 Å². The molecule has 0 N–H and O–H groups in total. The van der Waals surface area contributed by atoms with Crippen LogP contribution in [0, 0.1) is 27.7 Å². The summed E-state index contributed by atoms with van der Waals surface area (Å²) < 4.78 is 0. The maximum absolute atomic E-state index is 3.00. The summed E-state index contributed by atoms with van der Waals surface area (Å²) in [6.45, 7) is 18.6. The van der Waals surface area contributed by atoms with Crippen LogP contribution in [0.2, 0.25) is 0 Å². The van der Waals surface area contributed by atoms with Crippen molar-refractivity contribution < 1.29 is 0 Å². The normalized spacial score (nSPS) is 11.2. The van der Waals surface area contributed by atoms with E-state index >= 15 is 0 Å². The van der Waals surface area contributed by atoms with Gasteiger partial charge in [-0.25, -0.2) is 0 Å². The molecule has 0 atom stereocenters. The lowest BCUT2D eigenvalue weighted by Gasteiger charge is -2.01. The molecule has 0 fully saturated rings. The van der Waals surface area contributed by atoms with Crippen LogP contribution in [0.1, 0.15) is 58.4 Å². The van der Waals surface area contributed by atoms with E-state index in [0.29, 0.717) is 0 Å². The van der Waals surface area contributed by atoms with Gasteiger partial charge in [0.05, 0.1) is 0 Å². The number of hydrogen-bond donors (Lipinski definition) is 0. The molecule has 0 unspecified atom stereocenters. The van der Waals surface area contributed by atoms with Crippen molar-refractivity contribution in [2.45, 2.75) is 54.4 Å². The van der Waals surface area contributed by atoms with Gasteiger partial charge in [0.15, 0.2) is 0 Å². The Bertz CT molecular complexity index is 1090. The third-order valence-corrected chi connectivity index (χ3v) is 6.39. The van der Waals surface area contributed by atoms with E-state index in [2.05, 4.69) is 114 Å². The number of fused-ring (bicyclic) bond motifs is 6. The van der Waals surface area contributed by atoms with Gasteiger partial charge in [0.1, 0.15) is 0 Å². The molecule has 0 saturated carbocycles. The molecule has 34 heavy (non-hydrogen) atoms. The molecule has 0 heteroatoms. The van der Waals surface area contributed by atoms with Crippen molar-refractivity contribution in [3.63, 3.8) is 0 Å². The first-order valence-corrected chi connectivity index (χ1v) is 12.4. The zero-order chi connectivity index (χ0) is 24.8. The predicted molar refractivity (Wildman–Crippen MR) is 151 cm³/mol. The number of hydrogen-bond acceptors (Lipinski definition) is 0. The van der Waals surface area contributed by atoms with Crippen molar-refractivity contribution in [3.8, 4) is 22.3 Å². The standard InChI is InChI=1S/2C15H14.C2H6.C2H4/c2*1-10-3-5-14-12(7-10)9-13-8-11(2)4-6-15(13)14;2*1-2/h2*3-8H,9H2,1-2H3;1-2H3;1-2H2. The van der Waals surface area contributed by atoms with E-state index in [1.807, 2.05) is 13.8 Å². The van der Waals surface area contributed by atoms with E-state index in [0.717, 1.165) is 12.8 Å². The van der Waals surface area contributed by atoms with Gasteiger partial charge in [-0.05, 0) is 85.0 Å². The molecule has 0 amide bonds. The molecule has 0 saturated heterocycles. The second-order valence-corrected chi connectivity index (χ2v) is 9.00. The Labute approximate surface area is 207 Å². The second kappa shape index (κ2) is 11.2. The summed E-state index contributed by atoms with van der Waals surface area (Å²) in [5.41, 5.74) is 17.1. The Morgan fingerprint density at radius 2 is 0.618 bits per heavy atom. The highest BCUT2D eigenvalue weighted by molar-refractivity contribution is 5.78. The van der Waals surface area contributed by atoms with E-state index in [9.17, 15) is 0 Å². The largest absolute Gasteiger partial charge is 0.106 e. The topological polar surface area (TPSA) is 0 Å². The SMILES string of the molecule is C=C.CC.Cc1ccc2c(c1)Cc1cc(C)ccc1-2.Cc1ccc2c(c1)Cc1cc(C)ccc1-2. The molecule has 0 aliphatic heterocycles. The van der Waals surface area contributed by atoms with Crippen molar-refractivity contribution in [1.29, 1.82) is 0 Å². The molecule has 0 heterocycles. The van der Waals surface area contributed by atoms with Gasteiger partial charge >= 0.3 is 0 Å². The Kier molecular flexibility index (Phi) is 8.29. The van der Waals surface area contributed by atoms with Gasteiger partial charge in [-0.3, -0.25) is 0 Å². The maximum Gasteiger partial charge on any atom is -0.00133 e. The van der Waals surface area contributed by atoms with Crippen molar-refractivity contribution in [2.24, 2.45) is 0 Å².